The van der Waals surface area contributed by atoms with Gasteiger partial charge in [0, 0.05) is 49.6 Å². The van der Waals surface area contributed by atoms with Gasteiger partial charge in [0.15, 0.2) is 0 Å². The van der Waals surface area contributed by atoms with Gasteiger partial charge < -0.3 is 4.90 Å². The van der Waals surface area contributed by atoms with Crippen LogP contribution in [0.4, 0.5) is 0 Å². The van der Waals surface area contributed by atoms with Crippen LogP contribution in [-0.2, 0) is 6.54 Å². The molecule has 5 nitrogen and oxygen atoms in total. The Balaban J connectivity index is 1.50. The van der Waals surface area contributed by atoms with E-state index in [9.17, 15) is 4.79 Å². The van der Waals surface area contributed by atoms with Crippen LogP contribution in [0.1, 0.15) is 28.2 Å². The zero-order valence-corrected chi connectivity index (χ0v) is 13.8. The number of pyridine rings is 1. The third-order valence-corrected chi connectivity index (χ3v) is 5.61. The van der Waals surface area contributed by atoms with Gasteiger partial charge in [-0.15, -0.1) is 11.3 Å². The van der Waals surface area contributed by atoms with Crippen LogP contribution in [0.5, 0.6) is 0 Å². The van der Waals surface area contributed by atoms with Gasteiger partial charge >= 0.3 is 0 Å². The third kappa shape index (κ3) is 3.14. The first-order valence-electron chi connectivity index (χ1n) is 8.11. The Bertz CT molecular complexity index is 660. The molecule has 0 unspecified atom stereocenters. The summed E-state index contributed by atoms with van der Waals surface area (Å²) < 4.78 is 0. The monoisotopic (exact) mass is 328 g/mol. The molecule has 2 bridgehead atoms. The Morgan fingerprint density at radius 2 is 2.22 bits per heavy atom. The second kappa shape index (κ2) is 6.37. The van der Waals surface area contributed by atoms with Gasteiger partial charge in [0.2, 0.25) is 0 Å². The zero-order valence-electron chi connectivity index (χ0n) is 13.0. The molecule has 120 valence electrons. The number of carbonyl (C=O) groups excluding carboxylic acids is 1. The molecule has 0 spiro atoms. The van der Waals surface area contributed by atoms with Gasteiger partial charge in [-0.05, 0) is 30.9 Å². The molecule has 0 aliphatic carbocycles. The van der Waals surface area contributed by atoms with E-state index in [1.807, 2.05) is 28.6 Å². The molecule has 2 atom stereocenters. The van der Waals surface area contributed by atoms with Crippen LogP contribution in [0, 0.1) is 5.92 Å². The minimum Gasteiger partial charge on any atom is -0.337 e. The predicted octanol–water partition coefficient (Wildman–Crippen LogP) is 2.27. The van der Waals surface area contributed by atoms with Gasteiger partial charge in [-0.2, -0.15) is 0 Å². The fraction of sp³-hybridized carbons (Fsp3) is 0.471. The van der Waals surface area contributed by atoms with Crippen molar-refractivity contribution in [3.63, 3.8) is 0 Å². The number of rotatable bonds is 3. The Labute approximate surface area is 140 Å². The van der Waals surface area contributed by atoms with Gasteiger partial charge in [-0.3, -0.25) is 14.7 Å². The molecule has 3 fully saturated rings. The summed E-state index contributed by atoms with van der Waals surface area (Å²) in [7, 11) is 0. The molecular formula is C17H20N4OS. The maximum Gasteiger partial charge on any atom is 0.255 e. The average molecular weight is 328 g/mol. The van der Waals surface area contributed by atoms with E-state index < -0.39 is 0 Å². The molecule has 0 radical (unpaired) electrons. The standard InChI is InChI=1S/C17H20N4OS/c22-17(14-2-1-5-18-8-14)21-10-13-3-4-15(11-21)20(9-13)12-16-19-6-7-23-16/h1-2,5-8,13,15H,3-4,9-12H2/t13-,15-/m0/s1. The highest BCUT2D eigenvalue weighted by atomic mass is 32.1. The second-order valence-electron chi connectivity index (χ2n) is 6.40. The van der Waals surface area contributed by atoms with Gasteiger partial charge in [-0.1, -0.05) is 0 Å². The van der Waals surface area contributed by atoms with Crippen LogP contribution < -0.4 is 0 Å². The highest BCUT2D eigenvalue weighted by Gasteiger charge is 2.36. The molecule has 1 amide bonds. The lowest BCUT2D eigenvalue weighted by atomic mass is 9.95. The van der Waals surface area contributed by atoms with E-state index in [-0.39, 0.29) is 5.91 Å². The van der Waals surface area contributed by atoms with Crippen molar-refractivity contribution in [1.29, 1.82) is 0 Å². The molecule has 3 saturated heterocycles. The van der Waals surface area contributed by atoms with Crippen LogP contribution in [0.15, 0.2) is 36.1 Å². The molecule has 0 aromatic carbocycles. The van der Waals surface area contributed by atoms with E-state index in [4.69, 9.17) is 0 Å². The number of hydrogen-bond donors (Lipinski definition) is 0. The van der Waals surface area contributed by atoms with E-state index in [0.29, 0.717) is 17.5 Å². The number of aromatic nitrogens is 2. The van der Waals surface area contributed by atoms with Crippen molar-refractivity contribution in [2.24, 2.45) is 5.92 Å². The summed E-state index contributed by atoms with van der Waals surface area (Å²) in [6, 6.07) is 4.13. The number of hydrogen-bond acceptors (Lipinski definition) is 5. The normalized spacial score (nSPS) is 24.6. The lowest BCUT2D eigenvalue weighted by Crippen LogP contribution is -2.43. The summed E-state index contributed by atoms with van der Waals surface area (Å²) in [4.78, 5) is 25.8. The molecule has 3 aliphatic heterocycles. The number of amides is 1. The topological polar surface area (TPSA) is 49.3 Å². The molecule has 0 N–H and O–H groups in total. The quantitative estimate of drug-likeness (QED) is 0.867. The maximum atomic E-state index is 12.8. The molecule has 6 heteroatoms. The average Bonchev–Trinajstić information content (AvgIpc) is 2.93. The Morgan fingerprint density at radius 1 is 1.26 bits per heavy atom. The van der Waals surface area contributed by atoms with Crippen molar-refractivity contribution in [2.45, 2.75) is 25.4 Å². The Kier molecular flexibility index (Phi) is 4.10. The first-order chi connectivity index (χ1) is 11.3. The highest BCUT2D eigenvalue weighted by molar-refractivity contribution is 7.09. The summed E-state index contributed by atoms with van der Waals surface area (Å²) in [5.74, 6) is 0.681. The SMILES string of the molecule is O=C(c1cccnc1)N1C[C@H]2CC[C@@H](C1)N(Cc1nccs1)C2. The number of piperidine rings is 1. The van der Waals surface area contributed by atoms with Crippen molar-refractivity contribution in [2.75, 3.05) is 19.6 Å². The van der Waals surface area contributed by atoms with Crippen molar-refractivity contribution in [3.05, 3.63) is 46.7 Å². The van der Waals surface area contributed by atoms with Crippen LogP contribution in [0.25, 0.3) is 0 Å². The van der Waals surface area contributed by atoms with Crippen molar-refractivity contribution in [1.82, 2.24) is 19.8 Å². The summed E-state index contributed by atoms with van der Waals surface area (Å²) in [5.41, 5.74) is 0.695. The van der Waals surface area contributed by atoms with Crippen molar-refractivity contribution in [3.8, 4) is 0 Å². The molecular weight excluding hydrogens is 308 g/mol. The second-order valence-corrected chi connectivity index (χ2v) is 7.38. The number of nitrogens with zero attached hydrogens (tertiary/aromatic N) is 4. The van der Waals surface area contributed by atoms with Gasteiger partial charge in [-0.25, -0.2) is 4.98 Å². The maximum absolute atomic E-state index is 12.8. The molecule has 5 heterocycles. The van der Waals surface area contributed by atoms with Crippen LogP contribution in [0.2, 0.25) is 0 Å². The van der Waals surface area contributed by atoms with E-state index in [2.05, 4.69) is 14.9 Å². The Morgan fingerprint density at radius 3 is 3.00 bits per heavy atom. The molecule has 2 aromatic heterocycles. The fourth-order valence-corrected chi connectivity index (χ4v) is 4.36. The van der Waals surface area contributed by atoms with Crippen LogP contribution in [-0.4, -0.2) is 51.4 Å². The van der Waals surface area contributed by atoms with E-state index in [1.54, 1.807) is 23.7 Å². The zero-order chi connectivity index (χ0) is 15.6. The molecule has 23 heavy (non-hydrogen) atoms. The first kappa shape index (κ1) is 14.8. The van der Waals surface area contributed by atoms with Crippen molar-refractivity contribution >= 4 is 17.2 Å². The summed E-state index contributed by atoms with van der Waals surface area (Å²) >= 11 is 1.71. The minimum atomic E-state index is 0.117. The van der Waals surface area contributed by atoms with E-state index >= 15 is 0 Å². The summed E-state index contributed by atoms with van der Waals surface area (Å²) in [5, 5.41) is 3.20. The predicted molar refractivity (Wildman–Crippen MR) is 89.2 cm³/mol. The molecule has 2 aromatic rings. The van der Waals surface area contributed by atoms with E-state index in [1.165, 1.54) is 17.8 Å². The number of fused-ring (bicyclic) bond motifs is 4. The number of thiazole rings is 1. The minimum absolute atomic E-state index is 0.117. The number of carbonyl (C=O) groups is 1. The summed E-state index contributed by atoms with van der Waals surface area (Å²) in [6.07, 6.45) is 7.64. The fourth-order valence-electron chi connectivity index (χ4n) is 3.72. The Hall–Kier alpha value is -1.79. The molecule has 3 aliphatic rings. The summed E-state index contributed by atoms with van der Waals surface area (Å²) in [6.45, 7) is 3.66. The lowest BCUT2D eigenvalue weighted by molar-refractivity contribution is 0.0735. The molecule has 0 saturated carbocycles. The van der Waals surface area contributed by atoms with Gasteiger partial charge in [0.05, 0.1) is 12.1 Å². The van der Waals surface area contributed by atoms with E-state index in [0.717, 1.165) is 26.2 Å². The van der Waals surface area contributed by atoms with Crippen LogP contribution >= 0.6 is 11.3 Å². The van der Waals surface area contributed by atoms with Crippen molar-refractivity contribution < 1.29 is 4.79 Å². The van der Waals surface area contributed by atoms with Gasteiger partial charge in [0.1, 0.15) is 5.01 Å². The van der Waals surface area contributed by atoms with Crippen LogP contribution in [0.3, 0.4) is 0 Å². The lowest BCUT2D eigenvalue weighted by Gasteiger charge is -2.35. The first-order valence-corrected chi connectivity index (χ1v) is 8.99. The van der Waals surface area contributed by atoms with Gasteiger partial charge in [0.25, 0.3) is 5.91 Å². The third-order valence-electron chi connectivity index (χ3n) is 4.84. The largest absolute Gasteiger partial charge is 0.337 e. The smallest absolute Gasteiger partial charge is 0.255 e. The highest BCUT2D eigenvalue weighted by Crippen LogP contribution is 2.30. The molecule has 5 rings (SSSR count).